The van der Waals surface area contributed by atoms with Gasteiger partial charge in [0.15, 0.2) is 0 Å². The number of hydrogen-bond donors (Lipinski definition) is 0. The summed E-state index contributed by atoms with van der Waals surface area (Å²) < 4.78 is 2.18. The molecule has 32 heavy (non-hydrogen) atoms. The van der Waals surface area contributed by atoms with Crippen LogP contribution in [0.4, 0.5) is 11.4 Å². The largest absolute Gasteiger partial charge is 1.00 e. The second-order valence-electron chi connectivity index (χ2n) is 8.73. The monoisotopic (exact) mass is 568 g/mol. The Kier molecular flexibility index (Phi) is 14.9. The van der Waals surface area contributed by atoms with Gasteiger partial charge in [-0.1, -0.05) is 24.3 Å². The van der Waals surface area contributed by atoms with Crippen molar-refractivity contribution in [3.8, 4) is 0 Å². The lowest BCUT2D eigenvalue weighted by molar-refractivity contribution is -0.00100. The first-order valence-electron chi connectivity index (χ1n) is 12.4. The first kappa shape index (κ1) is 31.3. The van der Waals surface area contributed by atoms with Gasteiger partial charge in [0, 0.05) is 0 Å². The van der Waals surface area contributed by atoms with Gasteiger partial charge in [-0.15, -0.1) is 0 Å². The van der Waals surface area contributed by atoms with Crippen LogP contribution in [0.15, 0.2) is 48.5 Å². The molecule has 0 unspecified atom stereocenters. The zero-order valence-electron chi connectivity index (χ0n) is 21.3. The van der Waals surface area contributed by atoms with E-state index in [0.29, 0.717) is 0 Å². The summed E-state index contributed by atoms with van der Waals surface area (Å²) in [6.07, 6.45) is 4.89. The van der Waals surface area contributed by atoms with Gasteiger partial charge in [-0.25, -0.2) is 0 Å². The minimum atomic E-state index is 0. The van der Waals surface area contributed by atoms with Crippen molar-refractivity contribution in [2.45, 2.75) is 67.2 Å². The number of halogens is 2. The third-order valence-corrected chi connectivity index (χ3v) is 7.78. The molecule has 0 radical (unpaired) electrons. The molecule has 2 rings (SSSR count). The van der Waals surface area contributed by atoms with Gasteiger partial charge in [0.25, 0.3) is 0 Å². The molecule has 0 bridgehead atoms. The first-order chi connectivity index (χ1) is 14.5. The molecular weight excluding hydrogens is 524 g/mol. The van der Waals surface area contributed by atoms with Crippen molar-refractivity contribution in [1.82, 2.24) is 8.97 Å². The van der Waals surface area contributed by atoms with Crippen LogP contribution in [0, 0.1) is 0 Å². The van der Waals surface area contributed by atoms with E-state index in [9.17, 15) is 0 Å². The highest BCUT2D eigenvalue weighted by molar-refractivity contribution is 5.45. The average Bonchev–Trinajstić information content (AvgIpc) is 2.81. The van der Waals surface area contributed by atoms with Gasteiger partial charge in [-0.3, -0.25) is 8.97 Å². The first-order valence-corrected chi connectivity index (χ1v) is 12.4. The van der Waals surface area contributed by atoms with Crippen molar-refractivity contribution in [3.63, 3.8) is 0 Å². The Balaban J connectivity index is 0.00000480. The highest BCUT2D eigenvalue weighted by Crippen LogP contribution is 2.25. The Morgan fingerprint density at radius 3 is 0.906 bits per heavy atom. The summed E-state index contributed by atoms with van der Waals surface area (Å²) >= 11 is 0. The fourth-order valence-corrected chi connectivity index (χ4v) is 5.05. The molecular formula is C28H46Br2N2. The number of hydrogen-bond acceptors (Lipinski definition) is 0. The van der Waals surface area contributed by atoms with Crippen molar-refractivity contribution in [3.05, 3.63) is 59.7 Å². The zero-order chi connectivity index (χ0) is 22.0. The molecule has 0 saturated carbocycles. The lowest BCUT2D eigenvalue weighted by Crippen LogP contribution is -3.00. The van der Waals surface area contributed by atoms with Crippen LogP contribution >= 0.6 is 0 Å². The van der Waals surface area contributed by atoms with Gasteiger partial charge in [0.1, 0.15) is 11.4 Å². The van der Waals surface area contributed by atoms with Crippen LogP contribution in [0.25, 0.3) is 0 Å². The number of aryl methyl sites for hydroxylation is 2. The Morgan fingerprint density at radius 2 is 0.688 bits per heavy atom. The summed E-state index contributed by atoms with van der Waals surface area (Å²) in [5.74, 6) is 0. The number of rotatable bonds is 13. The van der Waals surface area contributed by atoms with Gasteiger partial charge >= 0.3 is 0 Å². The fourth-order valence-electron chi connectivity index (χ4n) is 5.05. The minimum absolute atomic E-state index is 0. The molecule has 4 heteroatoms. The summed E-state index contributed by atoms with van der Waals surface area (Å²) in [7, 11) is 0. The molecule has 0 amide bonds. The molecule has 182 valence electrons. The van der Waals surface area contributed by atoms with Crippen molar-refractivity contribution in [1.29, 1.82) is 0 Å². The summed E-state index contributed by atoms with van der Waals surface area (Å²) in [5, 5.41) is 0. The highest BCUT2D eigenvalue weighted by atomic mass is 79.9. The van der Waals surface area contributed by atoms with Crippen LogP contribution < -0.4 is 42.9 Å². The molecule has 2 aromatic carbocycles. The number of benzene rings is 2. The van der Waals surface area contributed by atoms with Crippen molar-refractivity contribution >= 4 is 11.4 Å². The maximum atomic E-state index is 2.37. The number of unbranched alkanes of at least 4 members (excludes halogenated alkanes) is 1. The molecule has 2 nitrogen and oxygen atoms in total. The Hall–Kier alpha value is -0.680. The molecule has 0 aromatic heterocycles. The molecule has 0 saturated heterocycles. The van der Waals surface area contributed by atoms with Crippen LogP contribution in [0.5, 0.6) is 0 Å². The van der Waals surface area contributed by atoms with Gasteiger partial charge in [-0.2, -0.15) is 0 Å². The molecule has 0 spiro atoms. The Bertz CT molecular complexity index is 651. The summed E-state index contributed by atoms with van der Waals surface area (Å²) in [6, 6.07) is 18.9. The van der Waals surface area contributed by atoms with E-state index in [4.69, 9.17) is 0 Å². The predicted octanol–water partition coefficient (Wildman–Crippen LogP) is 0.994. The van der Waals surface area contributed by atoms with E-state index < -0.39 is 0 Å². The molecule has 0 fully saturated rings. The van der Waals surface area contributed by atoms with E-state index in [0.717, 1.165) is 8.97 Å². The predicted molar refractivity (Wildman–Crippen MR) is 136 cm³/mol. The van der Waals surface area contributed by atoms with Crippen LogP contribution in [-0.4, -0.2) is 39.3 Å². The van der Waals surface area contributed by atoms with Gasteiger partial charge in [-0.05, 0) is 103 Å². The second-order valence-corrected chi connectivity index (χ2v) is 8.73. The molecule has 2 aromatic rings. The maximum absolute atomic E-state index is 2.37. The lowest BCUT2D eigenvalue weighted by Gasteiger charge is -2.35. The van der Waals surface area contributed by atoms with Crippen LogP contribution in [0.3, 0.4) is 0 Å². The van der Waals surface area contributed by atoms with E-state index in [2.05, 4.69) is 90.1 Å². The quantitative estimate of drug-likeness (QED) is 0.249. The van der Waals surface area contributed by atoms with Crippen molar-refractivity contribution < 1.29 is 34.0 Å². The molecule has 0 atom stereocenters. The van der Waals surface area contributed by atoms with E-state index >= 15 is 0 Å². The summed E-state index contributed by atoms with van der Waals surface area (Å²) in [5.41, 5.74) is 5.89. The number of nitrogens with zero attached hydrogens (tertiary/aromatic N) is 2. The minimum Gasteiger partial charge on any atom is -1.00 e. The third-order valence-electron chi connectivity index (χ3n) is 7.78. The summed E-state index contributed by atoms with van der Waals surface area (Å²) in [4.78, 5) is 0. The van der Waals surface area contributed by atoms with E-state index in [1.54, 1.807) is 0 Å². The maximum Gasteiger partial charge on any atom is 0.132 e. The zero-order valence-corrected chi connectivity index (χ0v) is 24.5. The van der Waals surface area contributed by atoms with E-state index in [-0.39, 0.29) is 34.0 Å². The van der Waals surface area contributed by atoms with Crippen LogP contribution in [-0.2, 0) is 12.8 Å². The van der Waals surface area contributed by atoms with E-state index in [1.165, 1.54) is 87.5 Å². The highest BCUT2D eigenvalue weighted by Gasteiger charge is 2.24. The Labute approximate surface area is 219 Å². The standard InChI is InChI=1S/C28H46N2.2BrH/c1-7-29(8-2,9-3)27-21-17-25(18-22-27)15-13-14-16-26-19-23-28(24-20-26)30(10-4,11-5)12-6;;/h17-24H,7-16H2,1-6H3;2*1H/q+2;;/p-2. The fraction of sp³-hybridized carbons (Fsp3) is 0.571. The molecule has 0 aliphatic heterocycles. The lowest BCUT2D eigenvalue weighted by atomic mass is 10.0. The van der Waals surface area contributed by atoms with Gasteiger partial charge in [0.05, 0.1) is 39.3 Å². The molecule has 0 N–H and O–H groups in total. The molecule has 0 aliphatic carbocycles. The molecule has 0 aliphatic rings. The van der Waals surface area contributed by atoms with Crippen LogP contribution in [0.2, 0.25) is 0 Å². The van der Waals surface area contributed by atoms with Gasteiger partial charge in [0.2, 0.25) is 0 Å². The van der Waals surface area contributed by atoms with Crippen molar-refractivity contribution in [2.75, 3.05) is 39.3 Å². The second kappa shape index (κ2) is 15.3. The smallest absolute Gasteiger partial charge is 0.132 e. The average molecular weight is 570 g/mol. The van der Waals surface area contributed by atoms with Crippen molar-refractivity contribution in [2.24, 2.45) is 0 Å². The number of quaternary nitrogens is 2. The van der Waals surface area contributed by atoms with Gasteiger partial charge < -0.3 is 34.0 Å². The normalized spacial score (nSPS) is 11.6. The third kappa shape index (κ3) is 7.41. The summed E-state index contributed by atoms with van der Waals surface area (Å²) in [6.45, 7) is 20.8. The Morgan fingerprint density at radius 1 is 0.438 bits per heavy atom. The molecule has 0 heterocycles. The topological polar surface area (TPSA) is 0 Å². The van der Waals surface area contributed by atoms with E-state index in [1.807, 2.05) is 0 Å². The SMILES string of the molecule is CC[N+](CC)(CC)c1ccc(CCCCc2ccc([N+](CC)(CC)CC)cc2)cc1.[Br-].[Br-]. The van der Waals surface area contributed by atoms with Crippen LogP contribution in [0.1, 0.15) is 65.5 Å².